The van der Waals surface area contributed by atoms with E-state index in [-0.39, 0.29) is 11.6 Å². The lowest BCUT2D eigenvalue weighted by Gasteiger charge is -2.25. The minimum atomic E-state index is 0.119. The number of nitrogens with one attached hydrogen (secondary N) is 1. The van der Waals surface area contributed by atoms with Crippen molar-refractivity contribution in [3.63, 3.8) is 0 Å². The topological polar surface area (TPSA) is 21.3 Å². The molecule has 0 spiro atoms. The molecule has 1 atom stereocenters. The standard InChI is InChI=1S/C14H21Br2NO/c1-5-11(9-17-14(2,3)4)18-13-7-6-10(15)8-12(13)16/h6-8,11,17H,5,9H2,1-4H3. The molecule has 0 saturated heterocycles. The van der Waals surface area contributed by atoms with Gasteiger partial charge in [0.2, 0.25) is 0 Å². The first-order valence-electron chi connectivity index (χ1n) is 6.18. The Hall–Kier alpha value is -0.0600. The van der Waals surface area contributed by atoms with Crippen LogP contribution in [0.3, 0.4) is 0 Å². The molecule has 2 nitrogen and oxygen atoms in total. The molecule has 1 rings (SSSR count). The van der Waals surface area contributed by atoms with Crippen molar-refractivity contribution in [2.24, 2.45) is 0 Å². The predicted octanol–water partition coefficient (Wildman–Crippen LogP) is 4.76. The minimum Gasteiger partial charge on any atom is -0.488 e. The van der Waals surface area contributed by atoms with E-state index in [0.717, 1.165) is 27.7 Å². The average molecular weight is 379 g/mol. The maximum absolute atomic E-state index is 6.01. The molecule has 0 aliphatic rings. The second kappa shape index (κ2) is 6.92. The first-order chi connectivity index (χ1) is 8.31. The average Bonchev–Trinajstić information content (AvgIpc) is 2.25. The summed E-state index contributed by atoms with van der Waals surface area (Å²) >= 11 is 6.96. The molecule has 0 bridgehead atoms. The third kappa shape index (κ3) is 5.72. The Labute approximate surface area is 127 Å². The van der Waals surface area contributed by atoms with Gasteiger partial charge in [-0.05, 0) is 61.3 Å². The van der Waals surface area contributed by atoms with E-state index in [1.54, 1.807) is 0 Å². The van der Waals surface area contributed by atoms with Crippen LogP contribution in [0.1, 0.15) is 34.1 Å². The van der Waals surface area contributed by atoms with E-state index in [0.29, 0.717) is 0 Å². The van der Waals surface area contributed by atoms with Crippen molar-refractivity contribution in [1.82, 2.24) is 5.32 Å². The molecule has 0 amide bonds. The number of hydrogen-bond donors (Lipinski definition) is 1. The Morgan fingerprint density at radius 1 is 1.28 bits per heavy atom. The number of ether oxygens (including phenoxy) is 1. The van der Waals surface area contributed by atoms with Crippen LogP contribution >= 0.6 is 31.9 Å². The first-order valence-corrected chi connectivity index (χ1v) is 7.77. The van der Waals surface area contributed by atoms with E-state index in [1.165, 1.54) is 0 Å². The zero-order valence-electron chi connectivity index (χ0n) is 11.4. The smallest absolute Gasteiger partial charge is 0.134 e. The lowest BCUT2D eigenvalue weighted by atomic mass is 10.1. The molecule has 18 heavy (non-hydrogen) atoms. The Kier molecular flexibility index (Phi) is 6.15. The summed E-state index contributed by atoms with van der Waals surface area (Å²) in [5, 5.41) is 3.47. The van der Waals surface area contributed by atoms with Crippen molar-refractivity contribution in [3.05, 3.63) is 27.1 Å². The fraction of sp³-hybridized carbons (Fsp3) is 0.571. The van der Waals surface area contributed by atoms with Gasteiger partial charge in [0.15, 0.2) is 0 Å². The molecule has 0 aromatic heterocycles. The van der Waals surface area contributed by atoms with Gasteiger partial charge in [0.25, 0.3) is 0 Å². The van der Waals surface area contributed by atoms with Gasteiger partial charge in [-0.2, -0.15) is 0 Å². The van der Waals surface area contributed by atoms with Gasteiger partial charge in [-0.15, -0.1) is 0 Å². The van der Waals surface area contributed by atoms with Gasteiger partial charge in [-0.25, -0.2) is 0 Å². The largest absolute Gasteiger partial charge is 0.488 e. The monoisotopic (exact) mass is 377 g/mol. The van der Waals surface area contributed by atoms with Gasteiger partial charge in [0, 0.05) is 16.6 Å². The summed E-state index contributed by atoms with van der Waals surface area (Å²) in [5.74, 6) is 0.890. The number of rotatable bonds is 5. The van der Waals surface area contributed by atoms with Gasteiger partial charge in [-0.1, -0.05) is 22.9 Å². The van der Waals surface area contributed by atoms with E-state index in [2.05, 4.69) is 64.9 Å². The summed E-state index contributed by atoms with van der Waals surface area (Å²) < 4.78 is 8.04. The van der Waals surface area contributed by atoms with Crippen molar-refractivity contribution in [1.29, 1.82) is 0 Å². The molecular weight excluding hydrogens is 358 g/mol. The zero-order chi connectivity index (χ0) is 13.8. The number of benzene rings is 1. The van der Waals surface area contributed by atoms with Crippen LogP contribution in [0, 0.1) is 0 Å². The van der Waals surface area contributed by atoms with Crippen LogP contribution in [0.4, 0.5) is 0 Å². The van der Waals surface area contributed by atoms with Crippen LogP contribution in [0.2, 0.25) is 0 Å². The quantitative estimate of drug-likeness (QED) is 0.797. The molecule has 0 radical (unpaired) electrons. The van der Waals surface area contributed by atoms with E-state index >= 15 is 0 Å². The minimum absolute atomic E-state index is 0.119. The maximum Gasteiger partial charge on any atom is 0.134 e. The summed E-state index contributed by atoms with van der Waals surface area (Å²) in [6.45, 7) is 9.48. The molecule has 0 aliphatic heterocycles. The van der Waals surface area contributed by atoms with Gasteiger partial charge in [0.1, 0.15) is 11.9 Å². The number of hydrogen-bond acceptors (Lipinski definition) is 2. The third-order valence-corrected chi connectivity index (χ3v) is 3.62. The van der Waals surface area contributed by atoms with Gasteiger partial charge < -0.3 is 10.1 Å². The normalized spacial score (nSPS) is 13.4. The molecule has 1 N–H and O–H groups in total. The summed E-state index contributed by atoms with van der Waals surface area (Å²) in [5.41, 5.74) is 0.119. The molecule has 102 valence electrons. The van der Waals surface area contributed by atoms with Crippen LogP contribution in [0.15, 0.2) is 27.1 Å². The second-order valence-corrected chi connectivity index (χ2v) is 7.12. The summed E-state index contributed by atoms with van der Waals surface area (Å²) in [4.78, 5) is 0. The summed E-state index contributed by atoms with van der Waals surface area (Å²) in [6.07, 6.45) is 1.16. The molecule has 4 heteroatoms. The Morgan fingerprint density at radius 3 is 2.44 bits per heavy atom. The second-order valence-electron chi connectivity index (χ2n) is 5.35. The Balaban J connectivity index is 2.62. The molecule has 1 unspecified atom stereocenters. The van der Waals surface area contributed by atoms with Crippen LogP contribution in [-0.4, -0.2) is 18.2 Å². The van der Waals surface area contributed by atoms with Crippen LogP contribution in [-0.2, 0) is 0 Å². The van der Waals surface area contributed by atoms with Crippen molar-refractivity contribution in [2.75, 3.05) is 6.54 Å². The van der Waals surface area contributed by atoms with E-state index in [1.807, 2.05) is 18.2 Å². The first kappa shape index (κ1) is 16.0. The molecule has 0 aliphatic carbocycles. The highest BCUT2D eigenvalue weighted by Gasteiger charge is 2.15. The van der Waals surface area contributed by atoms with E-state index in [9.17, 15) is 0 Å². The van der Waals surface area contributed by atoms with Crippen molar-refractivity contribution < 1.29 is 4.74 Å². The van der Waals surface area contributed by atoms with Gasteiger partial charge in [-0.3, -0.25) is 0 Å². The fourth-order valence-corrected chi connectivity index (χ4v) is 2.58. The fourth-order valence-electron chi connectivity index (χ4n) is 1.44. The Morgan fingerprint density at radius 2 is 1.94 bits per heavy atom. The van der Waals surface area contributed by atoms with E-state index < -0.39 is 0 Å². The lowest BCUT2D eigenvalue weighted by Crippen LogP contribution is -2.42. The molecule has 0 heterocycles. The molecule has 0 fully saturated rings. The summed E-state index contributed by atoms with van der Waals surface area (Å²) in [7, 11) is 0. The highest BCUT2D eigenvalue weighted by atomic mass is 79.9. The highest BCUT2D eigenvalue weighted by Crippen LogP contribution is 2.29. The predicted molar refractivity (Wildman–Crippen MR) is 84.3 cm³/mol. The van der Waals surface area contributed by atoms with Gasteiger partial charge >= 0.3 is 0 Å². The van der Waals surface area contributed by atoms with Gasteiger partial charge in [0.05, 0.1) is 4.47 Å². The van der Waals surface area contributed by atoms with Crippen LogP contribution in [0.25, 0.3) is 0 Å². The lowest BCUT2D eigenvalue weighted by molar-refractivity contribution is 0.180. The molecule has 0 saturated carbocycles. The Bertz CT molecular complexity index is 388. The third-order valence-electron chi connectivity index (χ3n) is 2.50. The van der Waals surface area contributed by atoms with Crippen LogP contribution in [0.5, 0.6) is 5.75 Å². The number of halogens is 2. The highest BCUT2D eigenvalue weighted by molar-refractivity contribution is 9.11. The summed E-state index contributed by atoms with van der Waals surface area (Å²) in [6, 6.07) is 5.97. The van der Waals surface area contributed by atoms with Crippen molar-refractivity contribution >= 4 is 31.9 Å². The van der Waals surface area contributed by atoms with Crippen molar-refractivity contribution in [2.45, 2.75) is 45.8 Å². The SMILES string of the molecule is CCC(CNC(C)(C)C)Oc1ccc(Br)cc1Br. The molecule has 1 aromatic carbocycles. The zero-order valence-corrected chi connectivity index (χ0v) is 14.6. The van der Waals surface area contributed by atoms with E-state index in [4.69, 9.17) is 4.74 Å². The maximum atomic E-state index is 6.01. The van der Waals surface area contributed by atoms with Crippen LogP contribution < -0.4 is 10.1 Å². The molecule has 1 aromatic rings. The molecular formula is C14H21Br2NO. The van der Waals surface area contributed by atoms with Crippen molar-refractivity contribution in [3.8, 4) is 5.75 Å².